The summed E-state index contributed by atoms with van der Waals surface area (Å²) in [5.41, 5.74) is -1.71. The third kappa shape index (κ3) is 6.45. The molecule has 0 saturated carbocycles. The maximum atomic E-state index is 13.4. The average Bonchev–Trinajstić information content (AvgIpc) is 2.81. The van der Waals surface area contributed by atoms with Crippen LogP contribution < -0.4 is 9.62 Å². The van der Waals surface area contributed by atoms with Gasteiger partial charge >= 0.3 is 6.18 Å². The lowest BCUT2D eigenvalue weighted by Gasteiger charge is -2.25. The van der Waals surface area contributed by atoms with Gasteiger partial charge in [0.05, 0.1) is 21.1 Å². The Hall–Kier alpha value is -3.35. The molecule has 8 nitrogen and oxygen atoms in total. The highest BCUT2D eigenvalue weighted by Gasteiger charge is 2.34. The van der Waals surface area contributed by atoms with E-state index in [1.54, 1.807) is 24.3 Å². The first-order valence-electron chi connectivity index (χ1n) is 9.94. The highest BCUT2D eigenvalue weighted by atomic mass is 35.5. The summed E-state index contributed by atoms with van der Waals surface area (Å²) in [6, 6.07) is 12.4. The lowest BCUT2D eigenvalue weighted by Crippen LogP contribution is -2.40. The van der Waals surface area contributed by atoms with Crippen molar-refractivity contribution in [3.8, 4) is 0 Å². The van der Waals surface area contributed by atoms with Crippen molar-refractivity contribution in [3.63, 3.8) is 0 Å². The maximum Gasteiger partial charge on any atom is 0.416 e. The number of anilines is 1. The van der Waals surface area contributed by atoms with Crippen molar-refractivity contribution in [1.29, 1.82) is 0 Å². The highest BCUT2D eigenvalue weighted by Crippen LogP contribution is 2.34. The molecule has 190 valence electrons. The van der Waals surface area contributed by atoms with Crippen LogP contribution in [0.25, 0.3) is 0 Å². The van der Waals surface area contributed by atoms with Gasteiger partial charge in [-0.3, -0.25) is 19.2 Å². The van der Waals surface area contributed by atoms with E-state index in [-0.39, 0.29) is 11.6 Å². The number of carbonyl (C=O) groups is 1. The van der Waals surface area contributed by atoms with Gasteiger partial charge in [0.15, 0.2) is 0 Å². The van der Waals surface area contributed by atoms with Crippen molar-refractivity contribution in [2.45, 2.75) is 17.6 Å². The van der Waals surface area contributed by atoms with E-state index in [2.05, 4.69) is 5.32 Å². The second kappa shape index (κ2) is 10.7. The smallest absolute Gasteiger partial charge is 0.350 e. The number of sulfonamides is 1. The second-order valence-corrected chi connectivity index (χ2v) is 10.0. The molecule has 0 saturated heterocycles. The largest absolute Gasteiger partial charge is 0.416 e. The van der Waals surface area contributed by atoms with Gasteiger partial charge in [0, 0.05) is 17.6 Å². The van der Waals surface area contributed by atoms with Crippen LogP contribution in [-0.4, -0.2) is 25.8 Å². The van der Waals surface area contributed by atoms with Crippen LogP contribution in [0.2, 0.25) is 10.0 Å². The van der Waals surface area contributed by atoms with Crippen LogP contribution in [0.1, 0.15) is 11.1 Å². The molecular weight excluding hydrogens is 546 g/mol. The van der Waals surface area contributed by atoms with Gasteiger partial charge in [0.2, 0.25) is 5.91 Å². The van der Waals surface area contributed by atoms with Crippen molar-refractivity contribution in [1.82, 2.24) is 5.32 Å². The summed E-state index contributed by atoms with van der Waals surface area (Å²) in [6.45, 7) is -0.924. The normalized spacial score (nSPS) is 11.7. The van der Waals surface area contributed by atoms with Crippen LogP contribution in [0.3, 0.4) is 0 Å². The number of alkyl halides is 3. The zero-order chi connectivity index (χ0) is 26.7. The molecule has 0 bridgehead atoms. The van der Waals surface area contributed by atoms with Gasteiger partial charge in [-0.25, -0.2) is 8.42 Å². The van der Waals surface area contributed by atoms with E-state index in [0.717, 1.165) is 30.3 Å². The number of benzene rings is 3. The van der Waals surface area contributed by atoms with Gasteiger partial charge in [-0.05, 0) is 48.0 Å². The molecule has 0 aliphatic rings. The summed E-state index contributed by atoms with van der Waals surface area (Å²) in [7, 11) is -4.75. The highest BCUT2D eigenvalue weighted by molar-refractivity contribution is 7.92. The van der Waals surface area contributed by atoms with E-state index >= 15 is 0 Å². The molecule has 0 unspecified atom stereocenters. The summed E-state index contributed by atoms with van der Waals surface area (Å²) in [4.78, 5) is 22.3. The molecule has 14 heteroatoms. The average molecular weight is 562 g/mol. The molecule has 1 amide bonds. The monoisotopic (exact) mass is 561 g/mol. The Kier molecular flexibility index (Phi) is 8.12. The number of carbonyl (C=O) groups excluding carboxylic acids is 1. The summed E-state index contributed by atoms with van der Waals surface area (Å²) in [5.74, 6) is -0.839. The van der Waals surface area contributed by atoms with Crippen LogP contribution in [0.15, 0.2) is 71.6 Å². The Bertz CT molecular complexity index is 1400. The fraction of sp³-hybridized carbons (Fsp3) is 0.136. The predicted octanol–water partition coefficient (Wildman–Crippen LogP) is 5.43. The molecule has 0 atom stereocenters. The van der Waals surface area contributed by atoms with Crippen molar-refractivity contribution in [2.24, 2.45) is 0 Å². The molecule has 0 aliphatic heterocycles. The number of nitro groups is 1. The first-order chi connectivity index (χ1) is 16.8. The van der Waals surface area contributed by atoms with Crippen LogP contribution >= 0.6 is 23.2 Å². The Balaban J connectivity index is 2.00. The Morgan fingerprint density at radius 3 is 2.31 bits per heavy atom. The fourth-order valence-corrected chi connectivity index (χ4v) is 4.81. The van der Waals surface area contributed by atoms with E-state index in [9.17, 15) is 36.5 Å². The number of nitrogens with one attached hydrogen (secondary N) is 1. The predicted molar refractivity (Wildman–Crippen MR) is 127 cm³/mol. The summed E-state index contributed by atoms with van der Waals surface area (Å²) >= 11 is 11.6. The lowest BCUT2D eigenvalue weighted by atomic mass is 10.2. The van der Waals surface area contributed by atoms with Crippen molar-refractivity contribution >= 4 is 50.5 Å². The summed E-state index contributed by atoms with van der Waals surface area (Å²) in [5, 5.41) is 13.8. The van der Waals surface area contributed by atoms with Crippen molar-refractivity contribution in [3.05, 3.63) is 98.0 Å². The van der Waals surface area contributed by atoms with Crippen LogP contribution in [0.5, 0.6) is 0 Å². The molecule has 0 aromatic heterocycles. The summed E-state index contributed by atoms with van der Waals surface area (Å²) < 4.78 is 67.1. The number of nitrogens with zero attached hydrogens (tertiary/aromatic N) is 2. The van der Waals surface area contributed by atoms with Gasteiger partial charge < -0.3 is 5.32 Å². The van der Waals surface area contributed by atoms with Crippen LogP contribution in [0.4, 0.5) is 24.5 Å². The molecule has 0 radical (unpaired) electrons. The van der Waals surface area contributed by atoms with E-state index < -0.39 is 55.4 Å². The molecule has 1 N–H and O–H groups in total. The topological polar surface area (TPSA) is 110 Å². The van der Waals surface area contributed by atoms with Gasteiger partial charge in [0.25, 0.3) is 15.7 Å². The molecule has 3 rings (SSSR count). The standard InChI is InChI=1S/C22H16Cl2F3N3O5S/c23-16-6-4-14(5-7-16)12-28-21(31)13-29(17-3-1-2-15(10-17)22(25,26)27)36(34,35)18-8-9-19(24)20(11-18)30(32)33/h1-11H,12-13H2,(H,28,31). The van der Waals surface area contributed by atoms with Crippen molar-refractivity contribution < 1.29 is 31.3 Å². The quantitative estimate of drug-likeness (QED) is 0.291. The maximum absolute atomic E-state index is 13.4. The molecule has 0 heterocycles. The fourth-order valence-electron chi connectivity index (χ4n) is 3.06. The van der Waals surface area contributed by atoms with Crippen LogP contribution in [0, 0.1) is 10.1 Å². The first kappa shape index (κ1) is 27.2. The molecule has 0 fully saturated rings. The SMILES string of the molecule is O=C(CN(c1cccc(C(F)(F)F)c1)S(=O)(=O)c1ccc(Cl)c([N+](=O)[O-])c1)NCc1ccc(Cl)cc1. The minimum absolute atomic E-state index is 0.0150. The third-order valence-corrected chi connectivity index (χ3v) is 7.20. The third-order valence-electron chi connectivity index (χ3n) is 4.85. The number of halogens is 5. The van der Waals surface area contributed by atoms with Crippen LogP contribution in [-0.2, 0) is 27.5 Å². The Labute approximate surface area is 213 Å². The van der Waals surface area contributed by atoms with Gasteiger partial charge in [0.1, 0.15) is 11.6 Å². The molecule has 36 heavy (non-hydrogen) atoms. The van der Waals surface area contributed by atoms with E-state index in [4.69, 9.17) is 23.2 Å². The Morgan fingerprint density at radius 1 is 1.03 bits per heavy atom. The molecule has 0 aliphatic carbocycles. The van der Waals surface area contributed by atoms with Crippen molar-refractivity contribution in [2.75, 3.05) is 10.8 Å². The second-order valence-electron chi connectivity index (χ2n) is 7.33. The molecular formula is C22H16Cl2F3N3O5S. The number of nitro benzene ring substituents is 1. The zero-order valence-electron chi connectivity index (χ0n) is 18.0. The first-order valence-corrected chi connectivity index (χ1v) is 12.1. The number of hydrogen-bond donors (Lipinski definition) is 1. The molecule has 3 aromatic carbocycles. The van der Waals surface area contributed by atoms with E-state index in [0.29, 0.717) is 27.0 Å². The number of rotatable bonds is 8. The lowest BCUT2D eigenvalue weighted by molar-refractivity contribution is -0.384. The minimum Gasteiger partial charge on any atom is -0.350 e. The molecule has 0 spiro atoms. The number of hydrogen-bond acceptors (Lipinski definition) is 5. The number of amides is 1. The minimum atomic E-state index is -4.79. The van der Waals surface area contributed by atoms with Gasteiger partial charge in [-0.2, -0.15) is 13.2 Å². The molecule has 3 aromatic rings. The van der Waals surface area contributed by atoms with Gasteiger partial charge in [-0.15, -0.1) is 0 Å². The Morgan fingerprint density at radius 2 is 1.69 bits per heavy atom. The van der Waals surface area contributed by atoms with E-state index in [1.165, 1.54) is 0 Å². The van der Waals surface area contributed by atoms with E-state index in [1.807, 2.05) is 0 Å². The summed E-state index contributed by atoms with van der Waals surface area (Å²) in [6.07, 6.45) is -4.79. The zero-order valence-corrected chi connectivity index (χ0v) is 20.3. The van der Waals surface area contributed by atoms with Gasteiger partial charge in [-0.1, -0.05) is 41.4 Å².